The van der Waals surface area contributed by atoms with Crippen LogP contribution >= 0.6 is 11.6 Å². The SMILES string of the molecule is Cc1cc(OC(=O)c2ccc(Cl)cc2)cc2c1C(=O)/C(=C/c1cccc([N+](=O)[O-])c1)O2. The Balaban J connectivity index is 1.60. The Kier molecular flexibility index (Phi) is 5.27. The Hall–Kier alpha value is -3.97. The van der Waals surface area contributed by atoms with E-state index in [-0.39, 0.29) is 28.7 Å². The topological polar surface area (TPSA) is 95.7 Å². The summed E-state index contributed by atoms with van der Waals surface area (Å²) in [4.78, 5) is 35.6. The Labute approximate surface area is 181 Å². The minimum atomic E-state index is -0.576. The molecule has 1 heterocycles. The third kappa shape index (κ3) is 4.17. The van der Waals surface area contributed by atoms with E-state index in [4.69, 9.17) is 21.1 Å². The number of ether oxygens (including phenoxy) is 2. The van der Waals surface area contributed by atoms with Gasteiger partial charge in [-0.25, -0.2) is 4.79 Å². The number of non-ortho nitro benzene ring substituents is 1. The van der Waals surface area contributed by atoms with Crippen LogP contribution in [-0.4, -0.2) is 16.7 Å². The summed E-state index contributed by atoms with van der Waals surface area (Å²) in [7, 11) is 0. The van der Waals surface area contributed by atoms with Crippen LogP contribution in [0.4, 0.5) is 5.69 Å². The number of carbonyl (C=O) groups excluding carboxylic acids is 2. The molecule has 0 bridgehead atoms. The van der Waals surface area contributed by atoms with Crippen LogP contribution in [0, 0.1) is 17.0 Å². The van der Waals surface area contributed by atoms with E-state index in [1.807, 2.05) is 0 Å². The third-order valence-corrected chi connectivity index (χ3v) is 4.86. The molecule has 0 aliphatic carbocycles. The van der Waals surface area contributed by atoms with Crippen molar-refractivity contribution in [1.82, 2.24) is 0 Å². The van der Waals surface area contributed by atoms with Gasteiger partial charge in [0.1, 0.15) is 11.5 Å². The van der Waals surface area contributed by atoms with Crippen molar-refractivity contribution in [3.8, 4) is 11.5 Å². The van der Waals surface area contributed by atoms with E-state index in [1.165, 1.54) is 30.3 Å². The van der Waals surface area contributed by atoms with E-state index in [9.17, 15) is 19.7 Å². The van der Waals surface area contributed by atoms with Gasteiger partial charge in [0.05, 0.1) is 16.1 Å². The second kappa shape index (κ2) is 8.04. The van der Waals surface area contributed by atoms with E-state index in [0.29, 0.717) is 27.3 Å². The van der Waals surface area contributed by atoms with Crippen LogP contribution in [0.5, 0.6) is 11.5 Å². The number of ketones is 1. The standard InChI is InChI=1S/C23H14ClNO6/c1-13-9-18(30-23(27)15-5-7-16(24)8-6-15)12-19-21(13)22(26)20(31-19)11-14-3-2-4-17(10-14)25(28)29/h2-12H,1H3/b20-11-. The van der Waals surface area contributed by atoms with E-state index in [0.717, 1.165) is 0 Å². The van der Waals surface area contributed by atoms with Crippen molar-refractivity contribution in [3.05, 3.63) is 104 Å². The zero-order chi connectivity index (χ0) is 22.1. The maximum absolute atomic E-state index is 12.8. The van der Waals surface area contributed by atoms with Crippen LogP contribution in [0.1, 0.15) is 31.8 Å². The van der Waals surface area contributed by atoms with Crippen LogP contribution in [0.3, 0.4) is 0 Å². The molecule has 3 aromatic rings. The molecule has 0 atom stereocenters. The Morgan fingerprint density at radius 1 is 1.13 bits per heavy atom. The molecule has 154 valence electrons. The van der Waals surface area contributed by atoms with Gasteiger partial charge in [-0.2, -0.15) is 0 Å². The van der Waals surface area contributed by atoms with Crippen molar-refractivity contribution in [2.24, 2.45) is 0 Å². The number of Topliss-reactive ketones (excluding diaryl/α,β-unsaturated/α-hetero) is 1. The third-order valence-electron chi connectivity index (χ3n) is 4.61. The molecule has 0 saturated carbocycles. The first-order chi connectivity index (χ1) is 14.8. The minimum Gasteiger partial charge on any atom is -0.452 e. The number of halogens is 1. The predicted octanol–water partition coefficient (Wildman–Crippen LogP) is 5.39. The zero-order valence-electron chi connectivity index (χ0n) is 16.1. The predicted molar refractivity (Wildman–Crippen MR) is 114 cm³/mol. The number of aryl methyl sites for hydroxylation is 1. The van der Waals surface area contributed by atoms with Gasteiger partial charge in [0.25, 0.3) is 5.69 Å². The van der Waals surface area contributed by atoms with E-state index < -0.39 is 10.9 Å². The number of allylic oxidation sites excluding steroid dienone is 1. The normalized spacial score (nSPS) is 13.6. The van der Waals surface area contributed by atoms with Gasteiger partial charge in [-0.15, -0.1) is 0 Å². The van der Waals surface area contributed by atoms with Gasteiger partial charge >= 0.3 is 5.97 Å². The van der Waals surface area contributed by atoms with Crippen LogP contribution in [0.15, 0.2) is 66.4 Å². The number of esters is 1. The van der Waals surface area contributed by atoms with Gasteiger partial charge < -0.3 is 9.47 Å². The first kappa shape index (κ1) is 20.3. The summed E-state index contributed by atoms with van der Waals surface area (Å²) in [5.41, 5.74) is 1.61. The van der Waals surface area contributed by atoms with Crippen molar-refractivity contribution < 1.29 is 24.0 Å². The summed E-state index contributed by atoms with van der Waals surface area (Å²) >= 11 is 5.83. The maximum atomic E-state index is 12.8. The summed E-state index contributed by atoms with van der Waals surface area (Å²) in [6.07, 6.45) is 1.44. The number of hydrogen-bond donors (Lipinski definition) is 0. The van der Waals surface area contributed by atoms with Gasteiger partial charge in [0.15, 0.2) is 5.76 Å². The lowest BCUT2D eigenvalue weighted by molar-refractivity contribution is -0.384. The molecule has 1 aliphatic heterocycles. The molecule has 4 rings (SSSR count). The quantitative estimate of drug-likeness (QED) is 0.179. The smallest absolute Gasteiger partial charge is 0.343 e. The number of rotatable bonds is 4. The Morgan fingerprint density at radius 3 is 2.58 bits per heavy atom. The van der Waals surface area contributed by atoms with Gasteiger partial charge in [-0.05, 0) is 54.5 Å². The molecule has 0 unspecified atom stereocenters. The van der Waals surface area contributed by atoms with Crippen LogP contribution in [0.2, 0.25) is 5.02 Å². The molecular formula is C23H14ClNO6. The molecule has 0 N–H and O–H groups in total. The zero-order valence-corrected chi connectivity index (χ0v) is 16.9. The second-order valence-corrected chi connectivity index (χ2v) is 7.24. The first-order valence-electron chi connectivity index (χ1n) is 9.13. The average Bonchev–Trinajstić information content (AvgIpc) is 3.04. The van der Waals surface area contributed by atoms with Gasteiger partial charge in [0, 0.05) is 23.2 Å². The lowest BCUT2D eigenvalue weighted by atomic mass is 10.0. The molecular weight excluding hydrogens is 422 g/mol. The number of benzene rings is 3. The molecule has 7 nitrogen and oxygen atoms in total. The number of nitro benzene ring substituents is 1. The molecule has 0 saturated heterocycles. The number of nitro groups is 1. The second-order valence-electron chi connectivity index (χ2n) is 6.80. The number of hydrogen-bond acceptors (Lipinski definition) is 6. The van der Waals surface area contributed by atoms with Gasteiger partial charge in [-0.1, -0.05) is 23.7 Å². The van der Waals surface area contributed by atoms with E-state index in [2.05, 4.69) is 0 Å². The number of fused-ring (bicyclic) bond motifs is 1. The minimum absolute atomic E-state index is 0.0276. The molecule has 0 radical (unpaired) electrons. The molecule has 3 aromatic carbocycles. The highest BCUT2D eigenvalue weighted by Gasteiger charge is 2.30. The lowest BCUT2D eigenvalue weighted by Crippen LogP contribution is -2.08. The molecule has 31 heavy (non-hydrogen) atoms. The molecule has 0 aromatic heterocycles. The average molecular weight is 436 g/mol. The lowest BCUT2D eigenvalue weighted by Gasteiger charge is -2.08. The number of carbonyl (C=O) groups is 2. The fraction of sp³-hybridized carbons (Fsp3) is 0.0435. The Morgan fingerprint density at radius 2 is 1.87 bits per heavy atom. The fourth-order valence-electron chi connectivity index (χ4n) is 3.17. The van der Waals surface area contributed by atoms with Crippen LogP contribution in [-0.2, 0) is 0 Å². The highest BCUT2D eigenvalue weighted by atomic mass is 35.5. The fourth-order valence-corrected chi connectivity index (χ4v) is 3.29. The van der Waals surface area contributed by atoms with Crippen molar-refractivity contribution in [2.45, 2.75) is 6.92 Å². The highest BCUT2D eigenvalue weighted by molar-refractivity contribution is 6.30. The summed E-state index contributed by atoms with van der Waals surface area (Å²) in [6, 6.07) is 15.2. The highest BCUT2D eigenvalue weighted by Crippen LogP contribution is 2.38. The largest absolute Gasteiger partial charge is 0.452 e. The number of nitrogens with zero attached hydrogens (tertiary/aromatic N) is 1. The Bertz CT molecular complexity index is 1260. The summed E-state index contributed by atoms with van der Waals surface area (Å²) in [5, 5.41) is 11.5. The van der Waals surface area contributed by atoms with Crippen molar-refractivity contribution in [2.75, 3.05) is 0 Å². The van der Waals surface area contributed by atoms with Crippen LogP contribution in [0.25, 0.3) is 6.08 Å². The molecule has 8 heteroatoms. The van der Waals surface area contributed by atoms with E-state index >= 15 is 0 Å². The summed E-state index contributed by atoms with van der Waals surface area (Å²) in [5.74, 6) is -0.428. The first-order valence-corrected chi connectivity index (χ1v) is 9.51. The van der Waals surface area contributed by atoms with Crippen molar-refractivity contribution in [3.63, 3.8) is 0 Å². The monoisotopic (exact) mass is 435 g/mol. The van der Waals surface area contributed by atoms with Gasteiger partial charge in [0.2, 0.25) is 5.78 Å². The van der Waals surface area contributed by atoms with E-state index in [1.54, 1.807) is 43.3 Å². The molecule has 0 fully saturated rings. The summed E-state index contributed by atoms with van der Waals surface area (Å²) < 4.78 is 11.1. The molecule has 0 spiro atoms. The maximum Gasteiger partial charge on any atom is 0.343 e. The molecule has 0 amide bonds. The van der Waals surface area contributed by atoms with Crippen LogP contribution < -0.4 is 9.47 Å². The van der Waals surface area contributed by atoms with Gasteiger partial charge in [-0.3, -0.25) is 14.9 Å². The summed E-state index contributed by atoms with van der Waals surface area (Å²) in [6.45, 7) is 1.70. The van der Waals surface area contributed by atoms with Crippen molar-refractivity contribution >= 4 is 35.1 Å². The molecule has 1 aliphatic rings. The van der Waals surface area contributed by atoms with Crippen molar-refractivity contribution in [1.29, 1.82) is 0 Å².